The summed E-state index contributed by atoms with van der Waals surface area (Å²) in [5.74, 6) is 0.734. The Labute approximate surface area is 173 Å². The summed E-state index contributed by atoms with van der Waals surface area (Å²) >= 11 is 0. The van der Waals surface area contributed by atoms with Gasteiger partial charge in [0, 0.05) is 17.5 Å². The van der Waals surface area contributed by atoms with Crippen molar-refractivity contribution in [2.75, 3.05) is 11.1 Å². The highest BCUT2D eigenvalue weighted by atomic mass is 15.4. The van der Waals surface area contributed by atoms with Crippen molar-refractivity contribution in [1.82, 2.24) is 34.7 Å². The molecule has 0 bridgehead atoms. The third-order valence-electron chi connectivity index (χ3n) is 4.52. The van der Waals surface area contributed by atoms with E-state index in [1.54, 1.807) is 27.8 Å². The molecular formula is C20H22N10. The number of nitriles is 1. The standard InChI is InChI=1S/C20H22N10/c1-4-5-15-11-29(28-27-15)17-10-23-18(7-16(17)25-12(2)3)30-20-14(9-24-30)6-13(8-21)19(22)26-20/h6-7,9-12H,4-5H2,1-3H3,(H2,22,26)(H,23,25). The van der Waals surface area contributed by atoms with Crippen LogP contribution in [0.15, 0.2) is 30.7 Å². The Hall–Kier alpha value is -4.00. The monoisotopic (exact) mass is 402 g/mol. The number of aromatic nitrogens is 7. The van der Waals surface area contributed by atoms with Crippen LogP contribution in [0.2, 0.25) is 0 Å². The Morgan fingerprint density at radius 3 is 2.83 bits per heavy atom. The highest BCUT2D eigenvalue weighted by Crippen LogP contribution is 2.25. The van der Waals surface area contributed by atoms with E-state index in [1.165, 1.54) is 0 Å². The largest absolute Gasteiger partial charge is 0.383 e. The second kappa shape index (κ2) is 7.79. The van der Waals surface area contributed by atoms with Crippen LogP contribution in [0.3, 0.4) is 0 Å². The Kier molecular flexibility index (Phi) is 5.02. The highest BCUT2D eigenvalue weighted by molar-refractivity contribution is 5.80. The van der Waals surface area contributed by atoms with Crippen LogP contribution in [-0.2, 0) is 6.42 Å². The van der Waals surface area contributed by atoms with E-state index in [4.69, 9.17) is 11.0 Å². The van der Waals surface area contributed by atoms with E-state index < -0.39 is 0 Å². The number of aryl methyl sites for hydroxylation is 1. The van der Waals surface area contributed by atoms with E-state index in [-0.39, 0.29) is 11.9 Å². The molecule has 0 aliphatic heterocycles. The number of anilines is 2. The van der Waals surface area contributed by atoms with Crippen LogP contribution in [0.4, 0.5) is 11.5 Å². The Bertz CT molecular complexity index is 1240. The van der Waals surface area contributed by atoms with Gasteiger partial charge in [0.05, 0.1) is 35.5 Å². The summed E-state index contributed by atoms with van der Waals surface area (Å²) in [5.41, 5.74) is 9.32. The van der Waals surface area contributed by atoms with Crippen molar-refractivity contribution in [3.8, 4) is 17.6 Å². The summed E-state index contributed by atoms with van der Waals surface area (Å²) in [4.78, 5) is 8.91. The lowest BCUT2D eigenvalue weighted by atomic mass is 10.2. The molecule has 0 saturated carbocycles. The number of nitrogens with two attached hydrogens (primary N) is 1. The lowest BCUT2D eigenvalue weighted by Crippen LogP contribution is -2.14. The topological polar surface area (TPSA) is 136 Å². The van der Waals surface area contributed by atoms with Crippen molar-refractivity contribution in [2.45, 2.75) is 39.7 Å². The van der Waals surface area contributed by atoms with Gasteiger partial charge in [-0.1, -0.05) is 18.6 Å². The molecule has 0 radical (unpaired) electrons. The minimum atomic E-state index is 0.162. The van der Waals surface area contributed by atoms with E-state index >= 15 is 0 Å². The molecule has 0 aliphatic carbocycles. The van der Waals surface area contributed by atoms with Crippen LogP contribution in [0.25, 0.3) is 22.5 Å². The molecular weight excluding hydrogens is 380 g/mol. The van der Waals surface area contributed by atoms with Gasteiger partial charge >= 0.3 is 0 Å². The van der Waals surface area contributed by atoms with Gasteiger partial charge in [0.1, 0.15) is 17.6 Å². The van der Waals surface area contributed by atoms with Gasteiger partial charge < -0.3 is 11.1 Å². The lowest BCUT2D eigenvalue weighted by molar-refractivity contribution is 0.781. The number of nitrogen functional groups attached to an aromatic ring is 1. The van der Waals surface area contributed by atoms with Gasteiger partial charge in [-0.2, -0.15) is 15.0 Å². The second-order valence-electron chi connectivity index (χ2n) is 7.27. The van der Waals surface area contributed by atoms with Crippen LogP contribution in [0.5, 0.6) is 0 Å². The molecule has 152 valence electrons. The molecule has 0 saturated heterocycles. The molecule has 4 aromatic rings. The molecule has 0 fully saturated rings. The summed E-state index contributed by atoms with van der Waals surface area (Å²) < 4.78 is 3.33. The van der Waals surface area contributed by atoms with Gasteiger partial charge in [0.15, 0.2) is 11.5 Å². The van der Waals surface area contributed by atoms with Crippen molar-refractivity contribution in [3.63, 3.8) is 0 Å². The minimum Gasteiger partial charge on any atom is -0.383 e. The van der Waals surface area contributed by atoms with Gasteiger partial charge in [0.25, 0.3) is 0 Å². The van der Waals surface area contributed by atoms with E-state index in [0.717, 1.165) is 29.9 Å². The predicted octanol–water partition coefficient (Wildman–Crippen LogP) is 2.62. The zero-order valence-corrected chi connectivity index (χ0v) is 17.0. The number of fused-ring (bicyclic) bond motifs is 1. The molecule has 0 spiro atoms. The molecule has 3 N–H and O–H groups in total. The maximum absolute atomic E-state index is 9.16. The predicted molar refractivity (Wildman–Crippen MR) is 113 cm³/mol. The fourth-order valence-corrected chi connectivity index (χ4v) is 3.18. The zero-order valence-electron chi connectivity index (χ0n) is 17.0. The average Bonchev–Trinajstić information content (AvgIpc) is 3.34. The fourth-order valence-electron chi connectivity index (χ4n) is 3.18. The molecule has 30 heavy (non-hydrogen) atoms. The molecule has 4 aromatic heterocycles. The second-order valence-corrected chi connectivity index (χ2v) is 7.27. The van der Waals surface area contributed by atoms with Gasteiger partial charge in [-0.3, -0.25) is 0 Å². The van der Waals surface area contributed by atoms with Crippen molar-refractivity contribution in [1.29, 1.82) is 5.26 Å². The summed E-state index contributed by atoms with van der Waals surface area (Å²) in [5, 5.41) is 26.2. The Morgan fingerprint density at radius 1 is 1.27 bits per heavy atom. The van der Waals surface area contributed by atoms with E-state index in [0.29, 0.717) is 22.4 Å². The smallest absolute Gasteiger partial charge is 0.167 e. The van der Waals surface area contributed by atoms with Gasteiger partial charge in [-0.15, -0.1) is 5.10 Å². The first kappa shape index (κ1) is 19.3. The number of hydrogen-bond donors (Lipinski definition) is 2. The van der Waals surface area contributed by atoms with E-state index in [9.17, 15) is 0 Å². The molecule has 4 heterocycles. The maximum atomic E-state index is 9.16. The van der Waals surface area contributed by atoms with Crippen LogP contribution in [-0.4, -0.2) is 40.8 Å². The molecule has 0 aromatic carbocycles. The first-order valence-electron chi connectivity index (χ1n) is 9.73. The normalized spacial score (nSPS) is 11.2. The molecule has 4 rings (SSSR count). The fraction of sp³-hybridized carbons (Fsp3) is 0.300. The van der Waals surface area contributed by atoms with Gasteiger partial charge in [0.2, 0.25) is 0 Å². The highest BCUT2D eigenvalue weighted by Gasteiger charge is 2.15. The quantitative estimate of drug-likeness (QED) is 0.502. The lowest BCUT2D eigenvalue weighted by Gasteiger charge is -2.15. The SMILES string of the molecule is CCCc1cn(-c2cnc(-n3ncc4cc(C#N)c(N)nc43)cc2NC(C)C)nn1. The summed E-state index contributed by atoms with van der Waals surface area (Å²) in [6.07, 6.45) is 7.16. The zero-order chi connectivity index (χ0) is 21.3. The number of nitrogens with one attached hydrogen (secondary N) is 1. The number of rotatable bonds is 6. The third kappa shape index (κ3) is 3.53. The van der Waals surface area contributed by atoms with Crippen LogP contribution in [0, 0.1) is 11.3 Å². The van der Waals surface area contributed by atoms with Crippen molar-refractivity contribution in [2.24, 2.45) is 0 Å². The first-order valence-corrected chi connectivity index (χ1v) is 9.73. The minimum absolute atomic E-state index is 0.162. The van der Waals surface area contributed by atoms with E-state index in [1.807, 2.05) is 18.3 Å². The average molecular weight is 402 g/mol. The molecule has 10 nitrogen and oxygen atoms in total. The van der Waals surface area contributed by atoms with E-state index in [2.05, 4.69) is 51.5 Å². The molecule has 10 heteroatoms. The van der Waals surface area contributed by atoms with Crippen LogP contribution >= 0.6 is 0 Å². The molecule has 0 unspecified atom stereocenters. The van der Waals surface area contributed by atoms with Crippen LogP contribution in [0.1, 0.15) is 38.4 Å². The molecule has 0 atom stereocenters. The summed E-state index contributed by atoms with van der Waals surface area (Å²) in [6.45, 7) is 6.22. The number of hydrogen-bond acceptors (Lipinski definition) is 8. The van der Waals surface area contributed by atoms with Crippen molar-refractivity contribution < 1.29 is 0 Å². The van der Waals surface area contributed by atoms with Crippen molar-refractivity contribution in [3.05, 3.63) is 42.0 Å². The number of pyridine rings is 2. The molecule has 0 aliphatic rings. The first-order chi connectivity index (χ1) is 14.5. The summed E-state index contributed by atoms with van der Waals surface area (Å²) in [7, 11) is 0. The maximum Gasteiger partial charge on any atom is 0.167 e. The third-order valence-corrected chi connectivity index (χ3v) is 4.52. The summed E-state index contributed by atoms with van der Waals surface area (Å²) in [6, 6.07) is 5.79. The van der Waals surface area contributed by atoms with Gasteiger partial charge in [-0.25, -0.2) is 14.6 Å². The van der Waals surface area contributed by atoms with Gasteiger partial charge in [-0.05, 0) is 26.3 Å². The van der Waals surface area contributed by atoms with Crippen molar-refractivity contribution >= 4 is 22.5 Å². The Balaban J connectivity index is 1.81. The Morgan fingerprint density at radius 2 is 2.10 bits per heavy atom. The number of nitrogens with zero attached hydrogens (tertiary/aromatic N) is 8. The van der Waals surface area contributed by atoms with Crippen LogP contribution < -0.4 is 11.1 Å². The molecule has 0 amide bonds.